The van der Waals surface area contributed by atoms with Crippen LogP contribution in [0.1, 0.15) is 23.1 Å². The Hall–Kier alpha value is -1.66. The molecule has 2 aromatic rings. The number of aromatic nitrogens is 2. The van der Waals surface area contributed by atoms with Gasteiger partial charge < -0.3 is 16.2 Å². The van der Waals surface area contributed by atoms with Gasteiger partial charge in [-0.15, -0.1) is 0 Å². The molecule has 0 aromatic carbocycles. The van der Waals surface area contributed by atoms with Crippen LogP contribution in [0.4, 0.5) is 11.6 Å². The van der Waals surface area contributed by atoms with E-state index in [-0.39, 0.29) is 0 Å². The highest BCUT2D eigenvalue weighted by Gasteiger charge is 2.10. The first-order valence-corrected chi connectivity index (χ1v) is 6.57. The van der Waals surface area contributed by atoms with Gasteiger partial charge in [0.15, 0.2) is 0 Å². The van der Waals surface area contributed by atoms with Crippen LogP contribution in [0.3, 0.4) is 0 Å². The number of nitrogens with zero attached hydrogens (tertiary/aromatic N) is 2. The number of nitrogen functional groups attached to an aromatic ring is 1. The molecule has 4 N–H and O–H groups in total. The van der Waals surface area contributed by atoms with Gasteiger partial charge in [0.2, 0.25) is 0 Å². The zero-order valence-corrected chi connectivity index (χ0v) is 11.2. The van der Waals surface area contributed by atoms with Gasteiger partial charge in [0.05, 0.1) is 6.10 Å². The Balaban J connectivity index is 2.06. The van der Waals surface area contributed by atoms with Gasteiger partial charge in [-0.1, -0.05) is 0 Å². The lowest BCUT2D eigenvalue weighted by Gasteiger charge is -2.14. The van der Waals surface area contributed by atoms with Crippen LogP contribution in [0, 0.1) is 13.8 Å². The molecule has 6 heteroatoms. The number of hydrogen-bond acceptors (Lipinski definition) is 6. The largest absolute Gasteiger partial charge is 0.387 e. The second kappa shape index (κ2) is 5.32. The van der Waals surface area contributed by atoms with Gasteiger partial charge in [-0.05, 0) is 36.2 Å². The molecule has 0 saturated carbocycles. The van der Waals surface area contributed by atoms with Gasteiger partial charge >= 0.3 is 0 Å². The molecule has 2 aromatic heterocycles. The van der Waals surface area contributed by atoms with E-state index in [9.17, 15) is 5.11 Å². The standard InChI is InChI=1S/C12H16N4OS/c1-7-11(13)15-8(2)16-12(7)14-5-10(17)9-3-4-18-6-9/h3-4,6,10,17H,5H2,1-2H3,(H3,13,14,15,16). The summed E-state index contributed by atoms with van der Waals surface area (Å²) in [4.78, 5) is 8.35. The molecule has 5 nitrogen and oxygen atoms in total. The van der Waals surface area contributed by atoms with Gasteiger partial charge in [0, 0.05) is 12.1 Å². The van der Waals surface area contributed by atoms with E-state index in [2.05, 4.69) is 15.3 Å². The number of thiophene rings is 1. The minimum Gasteiger partial charge on any atom is -0.387 e. The molecule has 0 bridgehead atoms. The summed E-state index contributed by atoms with van der Waals surface area (Å²) in [6.07, 6.45) is -0.549. The number of aryl methyl sites for hydroxylation is 1. The van der Waals surface area contributed by atoms with Crippen LogP contribution in [0.25, 0.3) is 0 Å². The van der Waals surface area contributed by atoms with Gasteiger partial charge in [0.25, 0.3) is 0 Å². The predicted octanol–water partition coefficient (Wildman–Crippen LogP) is 1.88. The van der Waals surface area contributed by atoms with Crippen molar-refractivity contribution in [1.82, 2.24) is 9.97 Å². The van der Waals surface area contributed by atoms with E-state index in [0.717, 1.165) is 11.1 Å². The fraction of sp³-hybridized carbons (Fsp3) is 0.333. The first kappa shape index (κ1) is 12.8. The SMILES string of the molecule is Cc1nc(N)c(C)c(NCC(O)c2ccsc2)n1. The Morgan fingerprint density at radius 2 is 2.22 bits per heavy atom. The third-order valence-corrected chi connectivity index (χ3v) is 3.39. The van der Waals surface area contributed by atoms with E-state index in [1.54, 1.807) is 18.3 Å². The maximum absolute atomic E-state index is 9.97. The topological polar surface area (TPSA) is 84.1 Å². The Morgan fingerprint density at radius 3 is 2.89 bits per heavy atom. The molecule has 0 fully saturated rings. The Labute approximate surface area is 110 Å². The van der Waals surface area contributed by atoms with Crippen molar-refractivity contribution in [2.45, 2.75) is 20.0 Å². The molecule has 0 aliphatic carbocycles. The highest BCUT2D eigenvalue weighted by atomic mass is 32.1. The zero-order valence-electron chi connectivity index (χ0n) is 10.3. The minimum atomic E-state index is -0.549. The summed E-state index contributed by atoms with van der Waals surface area (Å²) in [5, 5.41) is 16.9. The predicted molar refractivity (Wildman–Crippen MR) is 73.7 cm³/mol. The van der Waals surface area contributed by atoms with E-state index in [0.29, 0.717) is 24.0 Å². The third kappa shape index (κ3) is 2.77. The van der Waals surface area contributed by atoms with Crippen LogP contribution in [0.15, 0.2) is 16.8 Å². The molecular weight excluding hydrogens is 248 g/mol. The van der Waals surface area contributed by atoms with E-state index < -0.39 is 6.10 Å². The van der Waals surface area contributed by atoms with Crippen molar-refractivity contribution in [3.63, 3.8) is 0 Å². The van der Waals surface area contributed by atoms with Crippen molar-refractivity contribution >= 4 is 23.0 Å². The Bertz CT molecular complexity index is 527. The fourth-order valence-corrected chi connectivity index (χ4v) is 2.31. The summed E-state index contributed by atoms with van der Waals surface area (Å²) in [7, 11) is 0. The molecule has 0 aliphatic heterocycles. The van der Waals surface area contributed by atoms with Gasteiger partial charge in [-0.2, -0.15) is 11.3 Å². The number of rotatable bonds is 4. The second-order valence-electron chi connectivity index (χ2n) is 4.08. The van der Waals surface area contributed by atoms with Crippen LogP contribution >= 0.6 is 11.3 Å². The molecular formula is C12H16N4OS. The highest BCUT2D eigenvalue weighted by molar-refractivity contribution is 7.07. The van der Waals surface area contributed by atoms with Crippen molar-refractivity contribution in [3.8, 4) is 0 Å². The van der Waals surface area contributed by atoms with Crippen molar-refractivity contribution in [2.75, 3.05) is 17.6 Å². The maximum Gasteiger partial charge on any atom is 0.134 e. The summed E-state index contributed by atoms with van der Waals surface area (Å²) in [6, 6.07) is 1.91. The number of hydrogen-bond donors (Lipinski definition) is 3. The molecule has 96 valence electrons. The van der Waals surface area contributed by atoms with E-state index in [1.165, 1.54) is 0 Å². The quantitative estimate of drug-likeness (QED) is 0.785. The number of aliphatic hydroxyl groups excluding tert-OH is 1. The van der Waals surface area contributed by atoms with Gasteiger partial charge in [0.1, 0.15) is 17.5 Å². The average molecular weight is 264 g/mol. The molecule has 0 aliphatic rings. The monoisotopic (exact) mass is 264 g/mol. The highest BCUT2D eigenvalue weighted by Crippen LogP contribution is 2.20. The van der Waals surface area contributed by atoms with E-state index >= 15 is 0 Å². The van der Waals surface area contributed by atoms with Crippen molar-refractivity contribution in [2.24, 2.45) is 0 Å². The summed E-state index contributed by atoms with van der Waals surface area (Å²) >= 11 is 1.56. The molecule has 0 amide bonds. The van der Waals surface area contributed by atoms with Crippen LogP contribution in [-0.2, 0) is 0 Å². The lowest BCUT2D eigenvalue weighted by atomic mass is 10.2. The molecule has 0 saturated heterocycles. The Morgan fingerprint density at radius 1 is 1.44 bits per heavy atom. The molecule has 2 heterocycles. The first-order chi connectivity index (χ1) is 8.58. The first-order valence-electron chi connectivity index (χ1n) is 5.62. The summed E-state index contributed by atoms with van der Waals surface area (Å²) in [6.45, 7) is 4.04. The lowest BCUT2D eigenvalue weighted by Crippen LogP contribution is -2.14. The van der Waals surface area contributed by atoms with Crippen molar-refractivity contribution in [3.05, 3.63) is 33.8 Å². The molecule has 1 atom stereocenters. The number of anilines is 2. The van der Waals surface area contributed by atoms with Gasteiger partial charge in [-0.25, -0.2) is 9.97 Å². The Kier molecular flexibility index (Phi) is 3.78. The normalized spacial score (nSPS) is 12.4. The molecule has 0 spiro atoms. The van der Waals surface area contributed by atoms with Gasteiger partial charge in [-0.3, -0.25) is 0 Å². The van der Waals surface area contributed by atoms with Crippen LogP contribution in [-0.4, -0.2) is 21.6 Å². The number of aliphatic hydroxyl groups is 1. The molecule has 1 unspecified atom stereocenters. The fourth-order valence-electron chi connectivity index (χ4n) is 1.60. The number of nitrogens with one attached hydrogen (secondary N) is 1. The average Bonchev–Trinajstić information content (AvgIpc) is 2.85. The number of nitrogens with two attached hydrogens (primary N) is 1. The second-order valence-corrected chi connectivity index (χ2v) is 4.86. The third-order valence-electron chi connectivity index (χ3n) is 2.69. The summed E-state index contributed by atoms with van der Waals surface area (Å²) in [5.41, 5.74) is 7.48. The summed E-state index contributed by atoms with van der Waals surface area (Å²) < 4.78 is 0. The van der Waals surface area contributed by atoms with Crippen molar-refractivity contribution < 1.29 is 5.11 Å². The molecule has 2 rings (SSSR count). The molecule has 18 heavy (non-hydrogen) atoms. The van der Waals surface area contributed by atoms with Crippen molar-refractivity contribution in [1.29, 1.82) is 0 Å². The zero-order chi connectivity index (χ0) is 13.1. The summed E-state index contributed by atoms with van der Waals surface area (Å²) in [5.74, 6) is 1.76. The maximum atomic E-state index is 9.97. The smallest absolute Gasteiger partial charge is 0.134 e. The molecule has 0 radical (unpaired) electrons. The van der Waals surface area contributed by atoms with Crippen LogP contribution in [0.2, 0.25) is 0 Å². The van der Waals surface area contributed by atoms with Crippen LogP contribution in [0.5, 0.6) is 0 Å². The van der Waals surface area contributed by atoms with E-state index in [4.69, 9.17) is 5.73 Å². The minimum absolute atomic E-state index is 0.396. The lowest BCUT2D eigenvalue weighted by molar-refractivity contribution is 0.192. The van der Waals surface area contributed by atoms with Crippen LogP contribution < -0.4 is 11.1 Å². The van der Waals surface area contributed by atoms with E-state index in [1.807, 2.05) is 23.8 Å².